The molecule has 2 aromatic carbocycles. The van der Waals surface area contributed by atoms with Crippen molar-refractivity contribution in [1.82, 2.24) is 4.90 Å². The van der Waals surface area contributed by atoms with Crippen LogP contribution >= 0.6 is 0 Å². The standard InChI is InChI=1S/C19H24N2/c20-19(12-7-13-19)16-21(14-17-8-3-1-4-9-17)15-18-10-5-2-6-11-18/h1-6,8-11H,7,12-16,20H2. The number of hydrogen-bond donors (Lipinski definition) is 1. The van der Waals surface area contributed by atoms with Crippen LogP contribution in [0.15, 0.2) is 60.7 Å². The van der Waals surface area contributed by atoms with E-state index < -0.39 is 0 Å². The van der Waals surface area contributed by atoms with E-state index >= 15 is 0 Å². The highest BCUT2D eigenvalue weighted by atomic mass is 15.1. The summed E-state index contributed by atoms with van der Waals surface area (Å²) in [7, 11) is 0. The van der Waals surface area contributed by atoms with E-state index in [0.29, 0.717) is 0 Å². The maximum Gasteiger partial charge on any atom is 0.0283 e. The smallest absolute Gasteiger partial charge is 0.0283 e. The van der Waals surface area contributed by atoms with E-state index in [1.165, 1.54) is 17.5 Å². The summed E-state index contributed by atoms with van der Waals surface area (Å²) in [6.07, 6.45) is 3.60. The summed E-state index contributed by atoms with van der Waals surface area (Å²) in [5.74, 6) is 0. The van der Waals surface area contributed by atoms with Crippen LogP contribution in [0.5, 0.6) is 0 Å². The molecule has 2 N–H and O–H groups in total. The molecule has 0 amide bonds. The fourth-order valence-corrected chi connectivity index (χ4v) is 3.09. The van der Waals surface area contributed by atoms with Gasteiger partial charge in [-0.05, 0) is 30.4 Å². The van der Waals surface area contributed by atoms with Crippen LogP contribution in [0.1, 0.15) is 30.4 Å². The molecule has 1 saturated carbocycles. The third-order valence-corrected chi connectivity index (χ3v) is 4.39. The first-order valence-electron chi connectivity index (χ1n) is 7.83. The first-order chi connectivity index (χ1) is 10.2. The molecule has 110 valence electrons. The zero-order valence-corrected chi connectivity index (χ0v) is 12.5. The molecule has 0 heterocycles. The summed E-state index contributed by atoms with van der Waals surface area (Å²) in [6, 6.07) is 21.4. The summed E-state index contributed by atoms with van der Waals surface area (Å²) in [6.45, 7) is 2.92. The van der Waals surface area contributed by atoms with Crippen LogP contribution in [0, 0.1) is 0 Å². The fourth-order valence-electron chi connectivity index (χ4n) is 3.09. The summed E-state index contributed by atoms with van der Waals surface area (Å²) >= 11 is 0. The topological polar surface area (TPSA) is 29.3 Å². The number of nitrogens with two attached hydrogens (primary N) is 1. The lowest BCUT2D eigenvalue weighted by molar-refractivity contribution is 0.134. The fraction of sp³-hybridized carbons (Fsp3) is 0.368. The summed E-state index contributed by atoms with van der Waals surface area (Å²) in [5, 5.41) is 0. The lowest BCUT2D eigenvalue weighted by atomic mass is 9.77. The van der Waals surface area contributed by atoms with Gasteiger partial charge in [0.15, 0.2) is 0 Å². The molecule has 0 atom stereocenters. The van der Waals surface area contributed by atoms with E-state index in [1.807, 2.05) is 0 Å². The lowest BCUT2D eigenvalue weighted by Gasteiger charge is -2.42. The van der Waals surface area contributed by atoms with Gasteiger partial charge in [0, 0.05) is 25.2 Å². The Labute approximate surface area is 127 Å². The van der Waals surface area contributed by atoms with E-state index in [-0.39, 0.29) is 5.54 Å². The Bertz CT molecular complexity index is 505. The molecule has 0 bridgehead atoms. The molecule has 21 heavy (non-hydrogen) atoms. The minimum atomic E-state index is 0.0313. The SMILES string of the molecule is NC1(CN(Cc2ccccc2)Cc2ccccc2)CCC1. The first-order valence-corrected chi connectivity index (χ1v) is 7.83. The van der Waals surface area contributed by atoms with Gasteiger partial charge < -0.3 is 5.73 Å². The van der Waals surface area contributed by atoms with Gasteiger partial charge in [-0.3, -0.25) is 4.90 Å². The molecule has 1 aliphatic carbocycles. The second kappa shape index (κ2) is 6.42. The van der Waals surface area contributed by atoms with Gasteiger partial charge in [0.2, 0.25) is 0 Å². The Morgan fingerprint density at radius 2 is 1.29 bits per heavy atom. The molecule has 1 fully saturated rings. The van der Waals surface area contributed by atoms with Gasteiger partial charge >= 0.3 is 0 Å². The van der Waals surface area contributed by atoms with Gasteiger partial charge in [0.1, 0.15) is 0 Å². The maximum atomic E-state index is 6.47. The van der Waals surface area contributed by atoms with Gasteiger partial charge in [0.25, 0.3) is 0 Å². The number of rotatable bonds is 6. The van der Waals surface area contributed by atoms with Crippen molar-refractivity contribution >= 4 is 0 Å². The third kappa shape index (κ3) is 3.93. The monoisotopic (exact) mass is 280 g/mol. The van der Waals surface area contributed by atoms with Crippen molar-refractivity contribution in [1.29, 1.82) is 0 Å². The molecule has 2 heteroatoms. The lowest BCUT2D eigenvalue weighted by Crippen LogP contribution is -2.54. The molecule has 1 aliphatic rings. The Hall–Kier alpha value is -1.64. The molecule has 0 spiro atoms. The van der Waals surface area contributed by atoms with Crippen molar-refractivity contribution in [3.05, 3.63) is 71.8 Å². The van der Waals surface area contributed by atoms with Crippen molar-refractivity contribution in [3.63, 3.8) is 0 Å². The van der Waals surface area contributed by atoms with Crippen LogP contribution in [-0.2, 0) is 13.1 Å². The minimum absolute atomic E-state index is 0.0313. The average molecular weight is 280 g/mol. The van der Waals surface area contributed by atoms with Gasteiger partial charge in [0.05, 0.1) is 0 Å². The van der Waals surface area contributed by atoms with Crippen molar-refractivity contribution in [2.24, 2.45) is 5.73 Å². The van der Waals surface area contributed by atoms with E-state index in [1.54, 1.807) is 0 Å². The van der Waals surface area contributed by atoms with Crippen LogP contribution in [0.4, 0.5) is 0 Å². The molecule has 0 aliphatic heterocycles. The predicted octanol–water partition coefficient (Wildman–Crippen LogP) is 3.57. The van der Waals surface area contributed by atoms with Crippen molar-refractivity contribution in [2.75, 3.05) is 6.54 Å². The molecule has 2 nitrogen and oxygen atoms in total. The van der Waals surface area contributed by atoms with Crippen LogP contribution in [-0.4, -0.2) is 17.0 Å². The van der Waals surface area contributed by atoms with Crippen LogP contribution in [0.3, 0.4) is 0 Å². The molecule has 2 aromatic rings. The summed E-state index contributed by atoms with van der Waals surface area (Å²) in [5.41, 5.74) is 9.22. The highest BCUT2D eigenvalue weighted by Gasteiger charge is 2.34. The van der Waals surface area contributed by atoms with Gasteiger partial charge in [-0.15, -0.1) is 0 Å². The zero-order valence-electron chi connectivity index (χ0n) is 12.5. The molecular weight excluding hydrogens is 256 g/mol. The average Bonchev–Trinajstić information content (AvgIpc) is 2.48. The Morgan fingerprint density at radius 1 is 0.810 bits per heavy atom. The molecule has 3 rings (SSSR count). The van der Waals surface area contributed by atoms with E-state index in [9.17, 15) is 0 Å². The van der Waals surface area contributed by atoms with Gasteiger partial charge in [-0.2, -0.15) is 0 Å². The molecular formula is C19H24N2. The maximum absolute atomic E-state index is 6.47. The molecule has 0 aromatic heterocycles. The molecule has 0 radical (unpaired) electrons. The first kappa shape index (κ1) is 14.3. The highest BCUT2D eigenvalue weighted by Crippen LogP contribution is 2.30. The second-order valence-electron chi connectivity index (χ2n) is 6.33. The summed E-state index contributed by atoms with van der Waals surface area (Å²) < 4.78 is 0. The van der Waals surface area contributed by atoms with Gasteiger partial charge in [-0.1, -0.05) is 60.7 Å². The minimum Gasteiger partial charge on any atom is -0.324 e. The van der Waals surface area contributed by atoms with Crippen LogP contribution in [0.2, 0.25) is 0 Å². The van der Waals surface area contributed by atoms with Crippen molar-refractivity contribution in [2.45, 2.75) is 37.9 Å². The molecule has 0 unspecified atom stereocenters. The summed E-state index contributed by atoms with van der Waals surface area (Å²) in [4.78, 5) is 2.49. The normalized spacial score (nSPS) is 16.7. The third-order valence-electron chi connectivity index (χ3n) is 4.39. The number of benzene rings is 2. The van der Waals surface area contributed by atoms with Crippen molar-refractivity contribution in [3.8, 4) is 0 Å². The van der Waals surface area contributed by atoms with Gasteiger partial charge in [-0.25, -0.2) is 0 Å². The Balaban J connectivity index is 1.71. The highest BCUT2D eigenvalue weighted by molar-refractivity contribution is 5.17. The largest absolute Gasteiger partial charge is 0.324 e. The van der Waals surface area contributed by atoms with E-state index in [4.69, 9.17) is 5.73 Å². The van der Waals surface area contributed by atoms with Crippen molar-refractivity contribution < 1.29 is 0 Å². The second-order valence-corrected chi connectivity index (χ2v) is 6.33. The van der Waals surface area contributed by atoms with E-state index in [0.717, 1.165) is 32.5 Å². The van der Waals surface area contributed by atoms with Crippen LogP contribution < -0.4 is 5.73 Å². The predicted molar refractivity (Wildman–Crippen MR) is 87.8 cm³/mol. The van der Waals surface area contributed by atoms with Crippen LogP contribution in [0.25, 0.3) is 0 Å². The quantitative estimate of drug-likeness (QED) is 0.876. The number of nitrogens with zero attached hydrogens (tertiary/aromatic N) is 1. The Kier molecular flexibility index (Phi) is 4.37. The molecule has 0 saturated heterocycles. The zero-order chi connectivity index (χ0) is 14.5. The van der Waals surface area contributed by atoms with E-state index in [2.05, 4.69) is 65.6 Å². The Morgan fingerprint density at radius 3 is 1.67 bits per heavy atom. The number of hydrogen-bond acceptors (Lipinski definition) is 2.